The summed E-state index contributed by atoms with van der Waals surface area (Å²) in [6.45, 7) is 0.616. The van der Waals surface area contributed by atoms with Gasteiger partial charge in [0.25, 0.3) is 5.91 Å². The van der Waals surface area contributed by atoms with Gasteiger partial charge in [-0.1, -0.05) is 0 Å². The number of amides is 2. The highest BCUT2D eigenvalue weighted by atomic mass is 32.1. The van der Waals surface area contributed by atoms with E-state index in [1.54, 1.807) is 5.38 Å². The molecule has 3 N–H and O–H groups in total. The number of hydrogen-bond acceptors (Lipinski definition) is 4. The molecule has 7 heteroatoms. The molecule has 0 saturated carbocycles. The second kappa shape index (κ2) is 5.83. The molecular formula is C12H14N2O4S. The molecule has 2 rings (SSSR count). The van der Waals surface area contributed by atoms with Crippen LogP contribution in [0.1, 0.15) is 39.3 Å². The maximum atomic E-state index is 12.0. The third-order valence-electron chi connectivity index (χ3n) is 2.94. The van der Waals surface area contributed by atoms with E-state index < -0.39 is 17.9 Å². The van der Waals surface area contributed by atoms with Crippen LogP contribution in [0.4, 0.5) is 0 Å². The first-order valence-electron chi connectivity index (χ1n) is 5.99. The monoisotopic (exact) mass is 282 g/mol. The summed E-state index contributed by atoms with van der Waals surface area (Å²) in [6, 6.07) is 0.800. The first kappa shape index (κ1) is 13.5. The number of rotatable bonds is 3. The van der Waals surface area contributed by atoms with Crippen molar-refractivity contribution in [2.75, 3.05) is 6.54 Å². The molecule has 102 valence electrons. The Hall–Kier alpha value is -1.89. The smallest absolute Gasteiger partial charge is 0.337 e. The second-order valence-electron chi connectivity index (χ2n) is 4.28. The second-order valence-corrected chi connectivity index (χ2v) is 5.20. The first-order valence-corrected chi connectivity index (χ1v) is 6.87. The van der Waals surface area contributed by atoms with Crippen LogP contribution in [0.25, 0.3) is 0 Å². The van der Waals surface area contributed by atoms with Crippen molar-refractivity contribution in [1.82, 2.24) is 10.6 Å². The Bertz CT molecular complexity index is 512. The lowest BCUT2D eigenvalue weighted by atomic mass is 10.1. The molecule has 1 atom stereocenters. The molecule has 0 aromatic carbocycles. The van der Waals surface area contributed by atoms with Crippen molar-refractivity contribution in [1.29, 1.82) is 0 Å². The summed E-state index contributed by atoms with van der Waals surface area (Å²) in [5.41, 5.74) is -0.0310. The summed E-state index contributed by atoms with van der Waals surface area (Å²) < 4.78 is 0. The fourth-order valence-electron chi connectivity index (χ4n) is 1.95. The van der Waals surface area contributed by atoms with Gasteiger partial charge in [-0.25, -0.2) is 4.79 Å². The van der Waals surface area contributed by atoms with Gasteiger partial charge in [-0.15, -0.1) is 11.3 Å². The zero-order valence-electron chi connectivity index (χ0n) is 10.1. The Morgan fingerprint density at radius 2 is 2.21 bits per heavy atom. The van der Waals surface area contributed by atoms with Crippen LogP contribution >= 0.6 is 11.3 Å². The van der Waals surface area contributed by atoms with E-state index in [1.807, 2.05) is 0 Å². The number of thiophene rings is 1. The van der Waals surface area contributed by atoms with Gasteiger partial charge in [0, 0.05) is 6.54 Å². The van der Waals surface area contributed by atoms with Crippen molar-refractivity contribution in [2.45, 2.75) is 25.3 Å². The van der Waals surface area contributed by atoms with E-state index in [1.165, 1.54) is 6.07 Å². The molecule has 0 aliphatic carbocycles. The van der Waals surface area contributed by atoms with Gasteiger partial charge in [0.15, 0.2) is 0 Å². The Kier molecular flexibility index (Phi) is 4.16. The van der Waals surface area contributed by atoms with Crippen molar-refractivity contribution in [3.05, 3.63) is 21.9 Å². The number of carbonyl (C=O) groups is 3. The molecule has 0 radical (unpaired) electrons. The highest BCUT2D eigenvalue weighted by molar-refractivity contribution is 7.12. The molecule has 2 heterocycles. The van der Waals surface area contributed by atoms with Crippen LogP contribution < -0.4 is 10.6 Å². The maximum Gasteiger partial charge on any atom is 0.337 e. The standard InChI is InChI=1S/C12H14N2O4S/c15-10-8(3-1-2-5-13-10)14-11(16)9-7(12(17)18)4-6-19-9/h4,6,8H,1-3,5H2,(H,13,15)(H,14,16)(H,17,18). The molecule has 19 heavy (non-hydrogen) atoms. The fraction of sp³-hybridized carbons (Fsp3) is 0.417. The zero-order valence-corrected chi connectivity index (χ0v) is 11.0. The number of carboxylic acid groups (broad SMARTS) is 1. The molecule has 6 nitrogen and oxygen atoms in total. The van der Waals surface area contributed by atoms with E-state index >= 15 is 0 Å². The van der Waals surface area contributed by atoms with Crippen LogP contribution in [0.5, 0.6) is 0 Å². The van der Waals surface area contributed by atoms with Crippen molar-refractivity contribution >= 4 is 29.1 Å². The van der Waals surface area contributed by atoms with Crippen molar-refractivity contribution in [2.24, 2.45) is 0 Å². The van der Waals surface area contributed by atoms with E-state index in [4.69, 9.17) is 5.11 Å². The van der Waals surface area contributed by atoms with Crippen LogP contribution in [0, 0.1) is 0 Å². The third-order valence-corrected chi connectivity index (χ3v) is 3.86. The van der Waals surface area contributed by atoms with Crippen LogP contribution in [-0.4, -0.2) is 35.5 Å². The Morgan fingerprint density at radius 1 is 1.42 bits per heavy atom. The molecule has 0 spiro atoms. The summed E-state index contributed by atoms with van der Waals surface area (Å²) in [5, 5.41) is 15.8. The summed E-state index contributed by atoms with van der Waals surface area (Å²) in [6.07, 6.45) is 2.31. The average molecular weight is 282 g/mol. The lowest BCUT2D eigenvalue weighted by molar-refractivity contribution is -0.122. The first-order chi connectivity index (χ1) is 9.09. The summed E-state index contributed by atoms with van der Waals surface area (Å²) in [7, 11) is 0. The molecule has 1 aromatic heterocycles. The van der Waals surface area contributed by atoms with Crippen LogP contribution in [0.15, 0.2) is 11.4 Å². The molecule has 1 saturated heterocycles. The molecule has 2 amide bonds. The van der Waals surface area contributed by atoms with Crippen LogP contribution in [0.2, 0.25) is 0 Å². The minimum Gasteiger partial charge on any atom is -0.478 e. The van der Waals surface area contributed by atoms with Gasteiger partial charge in [0.1, 0.15) is 10.9 Å². The number of carbonyl (C=O) groups excluding carboxylic acids is 2. The predicted octanol–water partition coefficient (Wildman–Crippen LogP) is 0.845. The van der Waals surface area contributed by atoms with E-state index in [0.717, 1.165) is 24.2 Å². The Morgan fingerprint density at radius 3 is 2.95 bits per heavy atom. The van der Waals surface area contributed by atoms with Gasteiger partial charge < -0.3 is 15.7 Å². The van der Waals surface area contributed by atoms with Crippen molar-refractivity contribution < 1.29 is 19.5 Å². The lowest BCUT2D eigenvalue weighted by Gasteiger charge is -2.14. The number of carboxylic acids is 1. The van der Waals surface area contributed by atoms with Gasteiger partial charge in [-0.2, -0.15) is 0 Å². The largest absolute Gasteiger partial charge is 0.478 e. The number of aromatic carboxylic acids is 1. The number of hydrogen-bond donors (Lipinski definition) is 3. The molecule has 1 fully saturated rings. The van der Waals surface area contributed by atoms with Crippen molar-refractivity contribution in [3.8, 4) is 0 Å². The normalized spacial score (nSPS) is 19.4. The minimum absolute atomic E-state index is 0.0310. The molecule has 0 bridgehead atoms. The average Bonchev–Trinajstić information content (AvgIpc) is 2.78. The van der Waals surface area contributed by atoms with Gasteiger partial charge >= 0.3 is 5.97 Å². The van der Waals surface area contributed by atoms with Gasteiger partial charge in [-0.3, -0.25) is 9.59 Å². The van der Waals surface area contributed by atoms with Crippen LogP contribution in [0.3, 0.4) is 0 Å². The van der Waals surface area contributed by atoms with Crippen LogP contribution in [-0.2, 0) is 4.79 Å². The highest BCUT2D eigenvalue weighted by Gasteiger charge is 2.25. The summed E-state index contributed by atoms with van der Waals surface area (Å²) in [5.74, 6) is -1.86. The summed E-state index contributed by atoms with van der Waals surface area (Å²) >= 11 is 1.06. The van der Waals surface area contributed by atoms with E-state index in [2.05, 4.69) is 10.6 Å². The highest BCUT2D eigenvalue weighted by Crippen LogP contribution is 2.17. The van der Waals surface area contributed by atoms with Gasteiger partial charge in [0.05, 0.1) is 5.56 Å². The molecule has 1 aromatic rings. The third kappa shape index (κ3) is 3.11. The quantitative estimate of drug-likeness (QED) is 0.765. The Balaban J connectivity index is 2.09. The van der Waals surface area contributed by atoms with Crippen molar-refractivity contribution in [3.63, 3.8) is 0 Å². The zero-order chi connectivity index (χ0) is 13.8. The summed E-state index contributed by atoms with van der Waals surface area (Å²) in [4.78, 5) is 34.8. The fourth-order valence-corrected chi connectivity index (χ4v) is 2.74. The molecule has 1 aliphatic rings. The Labute approximate surface area is 113 Å². The van der Waals surface area contributed by atoms with Gasteiger partial charge in [-0.05, 0) is 30.7 Å². The maximum absolute atomic E-state index is 12.0. The lowest BCUT2D eigenvalue weighted by Crippen LogP contribution is -2.45. The predicted molar refractivity (Wildman–Crippen MR) is 69.4 cm³/mol. The molecular weight excluding hydrogens is 268 g/mol. The van der Waals surface area contributed by atoms with E-state index in [9.17, 15) is 14.4 Å². The van der Waals surface area contributed by atoms with Gasteiger partial charge in [0.2, 0.25) is 5.91 Å². The SMILES string of the molecule is O=C(O)c1ccsc1C(=O)NC1CCCCNC1=O. The van der Waals surface area contributed by atoms with E-state index in [0.29, 0.717) is 13.0 Å². The topological polar surface area (TPSA) is 95.5 Å². The molecule has 1 aliphatic heterocycles. The minimum atomic E-state index is -1.14. The molecule has 1 unspecified atom stereocenters. The number of nitrogens with one attached hydrogen (secondary N) is 2. The van der Waals surface area contributed by atoms with E-state index in [-0.39, 0.29) is 16.3 Å².